The molecule has 0 aliphatic rings. The van der Waals surface area contributed by atoms with Crippen molar-refractivity contribution in [2.24, 2.45) is 17.8 Å². The largest absolute Gasteiger partial charge is 0.0853 e. The molecule has 0 nitrogen and oxygen atoms in total. The summed E-state index contributed by atoms with van der Waals surface area (Å²) >= 11 is 0. The van der Waals surface area contributed by atoms with Crippen molar-refractivity contribution in [3.63, 3.8) is 0 Å². The predicted molar refractivity (Wildman–Crippen MR) is 89.5 cm³/mol. The monoisotopic (exact) mass is 266 g/mol. The summed E-state index contributed by atoms with van der Waals surface area (Å²) in [5, 5.41) is 0. The van der Waals surface area contributed by atoms with E-state index >= 15 is 0 Å². The van der Waals surface area contributed by atoms with Gasteiger partial charge in [-0.2, -0.15) is 0 Å². The topological polar surface area (TPSA) is 0 Å². The minimum atomic E-state index is 0.788. The molecule has 0 saturated heterocycles. The lowest BCUT2D eigenvalue weighted by Gasteiger charge is -2.19. The van der Waals surface area contributed by atoms with E-state index in [4.69, 9.17) is 0 Å². The van der Waals surface area contributed by atoms with E-state index in [9.17, 15) is 0 Å². The molecule has 0 fully saturated rings. The number of allylic oxidation sites excluding steroid dienone is 2. The molecule has 3 unspecified atom stereocenters. The van der Waals surface area contributed by atoms with Gasteiger partial charge in [0.05, 0.1) is 0 Å². The third-order valence-electron chi connectivity index (χ3n) is 4.81. The maximum atomic E-state index is 2.50. The van der Waals surface area contributed by atoms with Gasteiger partial charge in [-0.3, -0.25) is 0 Å². The maximum absolute atomic E-state index is 2.50. The highest BCUT2D eigenvalue weighted by Gasteiger charge is 2.10. The van der Waals surface area contributed by atoms with E-state index in [2.05, 4.69) is 47.6 Å². The molecule has 0 heterocycles. The first kappa shape index (κ1) is 18.7. The van der Waals surface area contributed by atoms with Gasteiger partial charge < -0.3 is 0 Å². The molecule has 0 amide bonds. The van der Waals surface area contributed by atoms with E-state index in [1.54, 1.807) is 5.57 Å². The average molecular weight is 267 g/mol. The standard InChI is InChI=1S/C19H38/c1-7-9-13-17(4)19(6)15-11-10-14-18(5)16(3)12-8-2/h15-18H,7-14H2,1-6H3. The molecule has 0 heteroatoms. The Bertz CT molecular complexity index is 226. The third-order valence-corrected chi connectivity index (χ3v) is 4.81. The number of hydrogen-bond acceptors (Lipinski definition) is 0. The molecule has 0 saturated carbocycles. The molecular formula is C19H38. The van der Waals surface area contributed by atoms with E-state index in [1.807, 2.05) is 0 Å². The Morgan fingerprint density at radius 2 is 1.47 bits per heavy atom. The Kier molecular flexibility index (Phi) is 11.4. The smallest absolute Gasteiger partial charge is 0.0234 e. The van der Waals surface area contributed by atoms with Crippen LogP contribution in [0, 0.1) is 17.8 Å². The van der Waals surface area contributed by atoms with Crippen LogP contribution in [0.2, 0.25) is 0 Å². The Labute approximate surface area is 123 Å². The molecule has 0 spiro atoms. The lowest BCUT2D eigenvalue weighted by Crippen LogP contribution is -2.07. The van der Waals surface area contributed by atoms with Crippen LogP contribution >= 0.6 is 0 Å². The van der Waals surface area contributed by atoms with Crippen molar-refractivity contribution in [3.05, 3.63) is 11.6 Å². The summed E-state index contributed by atoms with van der Waals surface area (Å²) in [6, 6.07) is 0. The van der Waals surface area contributed by atoms with Gasteiger partial charge in [0.15, 0.2) is 0 Å². The first-order chi connectivity index (χ1) is 9.02. The molecule has 0 bridgehead atoms. The molecule has 0 aliphatic carbocycles. The summed E-state index contributed by atoms with van der Waals surface area (Å²) in [4.78, 5) is 0. The zero-order valence-electron chi connectivity index (χ0n) is 14.5. The van der Waals surface area contributed by atoms with Crippen LogP contribution in [0.15, 0.2) is 11.6 Å². The van der Waals surface area contributed by atoms with Gasteiger partial charge in [-0.15, -0.1) is 0 Å². The van der Waals surface area contributed by atoms with Crippen LogP contribution in [0.25, 0.3) is 0 Å². The fraction of sp³-hybridized carbons (Fsp3) is 0.895. The van der Waals surface area contributed by atoms with E-state index < -0.39 is 0 Å². The first-order valence-electron chi connectivity index (χ1n) is 8.69. The predicted octanol–water partition coefficient (Wildman–Crippen LogP) is 7.00. The Balaban J connectivity index is 3.82. The number of unbranched alkanes of at least 4 members (excludes halogenated alkanes) is 2. The van der Waals surface area contributed by atoms with Crippen molar-refractivity contribution < 1.29 is 0 Å². The first-order valence-corrected chi connectivity index (χ1v) is 8.69. The Hall–Kier alpha value is -0.260. The number of hydrogen-bond donors (Lipinski definition) is 0. The Morgan fingerprint density at radius 3 is 2.05 bits per heavy atom. The zero-order chi connectivity index (χ0) is 14.7. The quantitative estimate of drug-likeness (QED) is 0.279. The van der Waals surface area contributed by atoms with Crippen molar-refractivity contribution >= 4 is 0 Å². The molecular weight excluding hydrogens is 228 g/mol. The van der Waals surface area contributed by atoms with Crippen LogP contribution in [0.1, 0.15) is 92.9 Å². The van der Waals surface area contributed by atoms with Crippen LogP contribution < -0.4 is 0 Å². The summed E-state index contributed by atoms with van der Waals surface area (Å²) < 4.78 is 0. The lowest BCUT2D eigenvalue weighted by molar-refractivity contribution is 0.335. The van der Waals surface area contributed by atoms with Gasteiger partial charge in [-0.25, -0.2) is 0 Å². The van der Waals surface area contributed by atoms with Crippen LogP contribution in [-0.4, -0.2) is 0 Å². The van der Waals surface area contributed by atoms with Gasteiger partial charge in [-0.1, -0.05) is 78.4 Å². The molecule has 0 aromatic rings. The van der Waals surface area contributed by atoms with Crippen LogP contribution in [0.4, 0.5) is 0 Å². The van der Waals surface area contributed by atoms with E-state index in [0.29, 0.717) is 0 Å². The zero-order valence-corrected chi connectivity index (χ0v) is 14.5. The van der Waals surface area contributed by atoms with Crippen molar-refractivity contribution in [1.29, 1.82) is 0 Å². The summed E-state index contributed by atoms with van der Waals surface area (Å²) in [5.74, 6) is 2.58. The number of rotatable bonds is 11. The molecule has 3 atom stereocenters. The SMILES string of the molecule is CCCCC(C)C(C)=CCCCC(C)C(C)CCC. The van der Waals surface area contributed by atoms with Gasteiger partial charge in [-0.05, 0) is 43.9 Å². The van der Waals surface area contributed by atoms with E-state index in [0.717, 1.165) is 17.8 Å². The average Bonchev–Trinajstić information content (AvgIpc) is 2.40. The molecule has 0 aromatic carbocycles. The molecule has 0 aliphatic heterocycles. The summed E-state index contributed by atoms with van der Waals surface area (Å²) in [7, 11) is 0. The lowest BCUT2D eigenvalue weighted by atomic mass is 9.87. The van der Waals surface area contributed by atoms with Gasteiger partial charge in [0.1, 0.15) is 0 Å². The summed E-state index contributed by atoms with van der Waals surface area (Å²) in [5.41, 5.74) is 1.61. The van der Waals surface area contributed by atoms with Gasteiger partial charge >= 0.3 is 0 Å². The minimum absolute atomic E-state index is 0.788. The fourth-order valence-electron chi connectivity index (χ4n) is 2.73. The van der Waals surface area contributed by atoms with Crippen LogP contribution in [0.3, 0.4) is 0 Å². The highest BCUT2D eigenvalue weighted by molar-refractivity contribution is 5.01. The molecule has 0 radical (unpaired) electrons. The summed E-state index contributed by atoms with van der Waals surface area (Å²) in [6.07, 6.45) is 13.3. The fourth-order valence-corrected chi connectivity index (χ4v) is 2.73. The van der Waals surface area contributed by atoms with Gasteiger partial charge in [0, 0.05) is 0 Å². The molecule has 0 N–H and O–H groups in total. The van der Waals surface area contributed by atoms with E-state index in [1.165, 1.54) is 51.4 Å². The van der Waals surface area contributed by atoms with Crippen molar-refractivity contribution in [3.8, 4) is 0 Å². The highest BCUT2D eigenvalue weighted by Crippen LogP contribution is 2.23. The normalized spacial score (nSPS) is 17.3. The van der Waals surface area contributed by atoms with Crippen molar-refractivity contribution in [2.75, 3.05) is 0 Å². The molecule has 0 aromatic heterocycles. The minimum Gasteiger partial charge on any atom is -0.0853 e. The second-order valence-electron chi connectivity index (χ2n) is 6.67. The van der Waals surface area contributed by atoms with Crippen molar-refractivity contribution in [2.45, 2.75) is 92.9 Å². The maximum Gasteiger partial charge on any atom is -0.0234 e. The van der Waals surface area contributed by atoms with Gasteiger partial charge in [0.25, 0.3) is 0 Å². The van der Waals surface area contributed by atoms with Gasteiger partial charge in [0.2, 0.25) is 0 Å². The molecule has 0 rings (SSSR count). The van der Waals surface area contributed by atoms with Crippen LogP contribution in [-0.2, 0) is 0 Å². The highest BCUT2D eigenvalue weighted by atomic mass is 14.2. The Morgan fingerprint density at radius 1 is 0.842 bits per heavy atom. The second-order valence-corrected chi connectivity index (χ2v) is 6.67. The van der Waals surface area contributed by atoms with E-state index in [-0.39, 0.29) is 0 Å². The molecule has 19 heavy (non-hydrogen) atoms. The molecule has 114 valence electrons. The van der Waals surface area contributed by atoms with Crippen molar-refractivity contribution in [1.82, 2.24) is 0 Å². The van der Waals surface area contributed by atoms with Crippen LogP contribution in [0.5, 0.6) is 0 Å². The second kappa shape index (κ2) is 11.6. The third kappa shape index (κ3) is 9.30. The summed E-state index contributed by atoms with van der Waals surface area (Å²) in [6.45, 7) is 14.1.